The summed E-state index contributed by atoms with van der Waals surface area (Å²) in [6.45, 7) is 8.05. The highest BCUT2D eigenvalue weighted by molar-refractivity contribution is 7.72. The number of benzene rings is 2. The summed E-state index contributed by atoms with van der Waals surface area (Å²) in [5.74, 6) is -0.232. The van der Waals surface area contributed by atoms with Crippen LogP contribution in [0.1, 0.15) is 52.9 Å². The van der Waals surface area contributed by atoms with E-state index >= 15 is 0 Å². The van der Waals surface area contributed by atoms with E-state index < -0.39 is 7.36 Å². The molecule has 0 atom stereocenters. The van der Waals surface area contributed by atoms with Gasteiger partial charge in [0.05, 0.1) is 13.0 Å². The molecule has 0 aliphatic carbocycles. The second-order valence-corrected chi connectivity index (χ2v) is 10.7. The first-order chi connectivity index (χ1) is 15.6. The number of allylic oxidation sites excluding steroid dienone is 1. The molecular weight excluding hydrogens is 417 g/mol. The van der Waals surface area contributed by atoms with Crippen LogP contribution in [-0.4, -0.2) is 25.7 Å². The standard InChI is InChI=1S/C26H36N3O2P/c1-4-7-14-22(5-2)25(21-26(30)31-6-3)32(27)28(23-15-10-8-11-16-23)19-20-29(32)24-17-12-9-13-18-24/h8-13,15-18,27H,4-7,14,19-21H2,1-3H3/b25-22+. The first-order valence-electron chi connectivity index (χ1n) is 11.7. The van der Waals surface area contributed by atoms with Crippen LogP contribution >= 0.6 is 7.36 Å². The lowest BCUT2D eigenvalue weighted by atomic mass is 10.1. The fraction of sp³-hybridized carbons (Fsp3) is 0.423. The van der Waals surface area contributed by atoms with E-state index in [1.807, 2.05) is 43.3 Å². The van der Waals surface area contributed by atoms with E-state index in [2.05, 4.69) is 47.5 Å². The molecule has 1 aliphatic heterocycles. The molecule has 0 amide bonds. The lowest BCUT2D eigenvalue weighted by Gasteiger charge is -2.39. The maximum Gasteiger partial charge on any atom is 0.310 e. The van der Waals surface area contributed by atoms with Gasteiger partial charge in [-0.2, -0.15) is 0 Å². The smallest absolute Gasteiger partial charge is 0.310 e. The Morgan fingerprint density at radius 1 is 0.938 bits per heavy atom. The lowest BCUT2D eigenvalue weighted by Crippen LogP contribution is -2.22. The van der Waals surface area contributed by atoms with Gasteiger partial charge in [0, 0.05) is 29.8 Å². The van der Waals surface area contributed by atoms with Crippen LogP contribution in [-0.2, 0) is 9.53 Å². The van der Waals surface area contributed by atoms with Crippen molar-refractivity contribution in [1.82, 2.24) is 0 Å². The van der Waals surface area contributed by atoms with Crippen LogP contribution in [0.15, 0.2) is 71.6 Å². The molecule has 2 aromatic rings. The molecule has 0 spiro atoms. The molecule has 0 aromatic heterocycles. The first-order valence-corrected chi connectivity index (χ1v) is 13.4. The Balaban J connectivity index is 2.20. The molecular formula is C26H36N3O2P. The zero-order chi connectivity index (χ0) is 23.0. The number of hydrogen-bond donors (Lipinski definition) is 1. The van der Waals surface area contributed by atoms with Crippen LogP contribution < -0.4 is 9.34 Å². The van der Waals surface area contributed by atoms with Crippen molar-refractivity contribution < 1.29 is 9.53 Å². The van der Waals surface area contributed by atoms with Gasteiger partial charge in [0.1, 0.15) is 0 Å². The van der Waals surface area contributed by atoms with Crippen LogP contribution in [0.3, 0.4) is 0 Å². The van der Waals surface area contributed by atoms with E-state index in [9.17, 15) is 9.96 Å². The summed E-state index contributed by atoms with van der Waals surface area (Å²) in [5, 5.41) is 11.1. The maximum absolute atomic E-state index is 12.8. The number of esters is 1. The Kier molecular flexibility index (Phi) is 8.58. The molecule has 1 saturated heterocycles. The molecule has 0 unspecified atom stereocenters. The minimum atomic E-state index is -2.79. The summed E-state index contributed by atoms with van der Waals surface area (Å²) < 4.78 is 9.87. The Bertz CT molecular complexity index is 908. The van der Waals surface area contributed by atoms with Gasteiger partial charge in [-0.05, 0) is 50.5 Å². The summed E-state index contributed by atoms with van der Waals surface area (Å²) >= 11 is 0. The summed E-state index contributed by atoms with van der Waals surface area (Å²) in [7, 11) is -2.79. The first kappa shape index (κ1) is 24.1. The summed E-state index contributed by atoms with van der Waals surface area (Å²) in [4.78, 5) is 12.8. The number of para-hydroxylation sites is 2. The van der Waals surface area contributed by atoms with Crippen LogP contribution in [0.25, 0.3) is 0 Å². The van der Waals surface area contributed by atoms with Crippen LogP contribution in [0.2, 0.25) is 0 Å². The van der Waals surface area contributed by atoms with Crippen molar-refractivity contribution in [2.75, 3.05) is 29.0 Å². The number of unbranched alkanes of at least 4 members (excludes halogenated alkanes) is 1. The predicted octanol–water partition coefficient (Wildman–Crippen LogP) is 7.43. The molecule has 172 valence electrons. The van der Waals surface area contributed by atoms with Crippen molar-refractivity contribution in [3.8, 4) is 0 Å². The summed E-state index contributed by atoms with van der Waals surface area (Å²) in [6, 6.07) is 20.4. The molecule has 5 nitrogen and oxygen atoms in total. The Hall–Kier alpha value is -2.52. The number of nitrogens with one attached hydrogen (secondary N) is 1. The Morgan fingerprint density at radius 2 is 1.47 bits per heavy atom. The van der Waals surface area contributed by atoms with Gasteiger partial charge in [-0.1, -0.05) is 62.2 Å². The number of carbonyl (C=O) groups is 1. The number of hydrogen-bond acceptors (Lipinski definition) is 3. The normalized spacial score (nSPS) is 16.1. The van der Waals surface area contributed by atoms with Crippen molar-refractivity contribution in [3.05, 3.63) is 71.6 Å². The lowest BCUT2D eigenvalue weighted by molar-refractivity contribution is -0.142. The van der Waals surface area contributed by atoms with E-state index in [0.29, 0.717) is 6.61 Å². The quantitative estimate of drug-likeness (QED) is 0.300. The molecule has 0 saturated carbocycles. The highest BCUT2D eigenvalue weighted by atomic mass is 31.2. The topological polar surface area (TPSA) is 56.6 Å². The zero-order valence-electron chi connectivity index (χ0n) is 19.6. The Morgan fingerprint density at radius 3 is 1.91 bits per heavy atom. The fourth-order valence-corrected chi connectivity index (χ4v) is 8.01. The zero-order valence-corrected chi connectivity index (χ0v) is 20.5. The van der Waals surface area contributed by atoms with E-state index in [0.717, 1.165) is 55.5 Å². The largest absolute Gasteiger partial charge is 0.466 e. The molecule has 3 rings (SSSR count). The average Bonchev–Trinajstić information content (AvgIpc) is 3.18. The number of nitrogens with zero attached hydrogens (tertiary/aromatic N) is 2. The summed E-state index contributed by atoms with van der Waals surface area (Å²) in [6.07, 6.45) is 4.11. The molecule has 6 heteroatoms. The molecule has 1 N–H and O–H groups in total. The van der Waals surface area contributed by atoms with E-state index in [-0.39, 0.29) is 12.4 Å². The van der Waals surface area contributed by atoms with Gasteiger partial charge in [-0.25, -0.2) is 0 Å². The molecule has 1 fully saturated rings. The third kappa shape index (κ3) is 5.10. The molecule has 0 radical (unpaired) electrons. The van der Waals surface area contributed by atoms with Crippen molar-refractivity contribution in [3.63, 3.8) is 0 Å². The highest BCUT2D eigenvalue weighted by Crippen LogP contribution is 2.68. The van der Waals surface area contributed by atoms with Crippen molar-refractivity contribution in [1.29, 1.82) is 5.16 Å². The van der Waals surface area contributed by atoms with Gasteiger partial charge >= 0.3 is 5.97 Å². The molecule has 32 heavy (non-hydrogen) atoms. The molecule has 0 bridgehead atoms. The van der Waals surface area contributed by atoms with Crippen molar-refractivity contribution in [2.24, 2.45) is 0 Å². The third-order valence-corrected chi connectivity index (χ3v) is 9.48. The van der Waals surface area contributed by atoms with Gasteiger partial charge in [0.15, 0.2) is 7.36 Å². The summed E-state index contributed by atoms with van der Waals surface area (Å²) in [5.41, 5.74) is 3.33. The molecule has 1 aliphatic rings. The third-order valence-electron chi connectivity index (χ3n) is 5.99. The van der Waals surface area contributed by atoms with Gasteiger partial charge in [0.2, 0.25) is 0 Å². The van der Waals surface area contributed by atoms with E-state index in [4.69, 9.17) is 4.74 Å². The van der Waals surface area contributed by atoms with Crippen LogP contribution in [0.5, 0.6) is 0 Å². The van der Waals surface area contributed by atoms with Gasteiger partial charge in [-0.15, -0.1) is 0 Å². The second-order valence-electron chi connectivity index (χ2n) is 8.01. The number of anilines is 2. The van der Waals surface area contributed by atoms with Gasteiger partial charge in [0.25, 0.3) is 0 Å². The number of carbonyl (C=O) groups excluding carboxylic acids is 1. The monoisotopic (exact) mass is 453 g/mol. The van der Waals surface area contributed by atoms with E-state index in [1.54, 1.807) is 0 Å². The molecule has 1 heterocycles. The number of rotatable bonds is 10. The van der Waals surface area contributed by atoms with E-state index in [1.165, 1.54) is 5.57 Å². The highest BCUT2D eigenvalue weighted by Gasteiger charge is 2.43. The van der Waals surface area contributed by atoms with Gasteiger partial charge < -0.3 is 14.1 Å². The second kappa shape index (κ2) is 11.4. The SMILES string of the molecule is CCCC/C(CC)=C(\CC(=O)OCC)P1(=N)N(c2ccccc2)CCN1c1ccccc1. The van der Waals surface area contributed by atoms with Crippen molar-refractivity contribution in [2.45, 2.75) is 52.9 Å². The fourth-order valence-electron chi connectivity index (χ4n) is 4.41. The van der Waals surface area contributed by atoms with Gasteiger partial charge in [-0.3, -0.25) is 9.96 Å². The average molecular weight is 454 g/mol. The van der Waals surface area contributed by atoms with Crippen LogP contribution in [0.4, 0.5) is 11.4 Å². The van der Waals surface area contributed by atoms with Crippen LogP contribution in [0, 0.1) is 5.16 Å². The van der Waals surface area contributed by atoms with Crippen molar-refractivity contribution >= 4 is 24.7 Å². The molecule has 2 aromatic carbocycles. The minimum Gasteiger partial charge on any atom is -0.466 e. The minimum absolute atomic E-state index is 0.185. The predicted molar refractivity (Wildman–Crippen MR) is 135 cm³/mol. The Labute approximate surface area is 193 Å². The maximum atomic E-state index is 12.8. The number of ether oxygens (including phenoxy) is 1.